The second kappa shape index (κ2) is 7.93. The zero-order chi connectivity index (χ0) is 18.5. The molecule has 0 spiro atoms. The number of nitrogens with zero attached hydrogens (tertiary/aromatic N) is 1. The van der Waals surface area contributed by atoms with Crippen LogP contribution in [-0.2, 0) is 11.3 Å². The summed E-state index contributed by atoms with van der Waals surface area (Å²) in [4.78, 5) is 15.5. The summed E-state index contributed by atoms with van der Waals surface area (Å²) in [7, 11) is 1.58. The maximum atomic E-state index is 11.2. The Hall–Kier alpha value is -2.99. The molecule has 26 heavy (non-hydrogen) atoms. The van der Waals surface area contributed by atoms with Gasteiger partial charge in [-0.2, -0.15) is 0 Å². The second-order valence-electron chi connectivity index (χ2n) is 5.58. The Labute approximate surface area is 156 Å². The van der Waals surface area contributed by atoms with E-state index in [0.717, 1.165) is 11.3 Å². The third kappa shape index (κ3) is 4.34. The first-order chi connectivity index (χ1) is 12.5. The van der Waals surface area contributed by atoms with E-state index in [1.165, 1.54) is 6.92 Å². The number of hydrogen-bond acceptors (Lipinski definition) is 5. The summed E-state index contributed by atoms with van der Waals surface area (Å²) >= 11 is 6.01. The van der Waals surface area contributed by atoms with Gasteiger partial charge in [-0.05, 0) is 30.3 Å². The fourth-order valence-electron chi connectivity index (χ4n) is 2.47. The summed E-state index contributed by atoms with van der Waals surface area (Å²) in [6, 6.07) is 12.7. The molecule has 2 N–H and O–H groups in total. The Morgan fingerprint density at radius 1 is 1.27 bits per heavy atom. The van der Waals surface area contributed by atoms with E-state index < -0.39 is 0 Å². The van der Waals surface area contributed by atoms with Gasteiger partial charge in [-0.3, -0.25) is 4.79 Å². The van der Waals surface area contributed by atoms with Gasteiger partial charge in [0.25, 0.3) is 0 Å². The Morgan fingerprint density at radius 2 is 2.12 bits per heavy atom. The first-order valence-corrected chi connectivity index (χ1v) is 8.33. The summed E-state index contributed by atoms with van der Waals surface area (Å²) in [6.45, 7) is 1.82. The molecule has 0 saturated carbocycles. The van der Waals surface area contributed by atoms with Gasteiger partial charge in [0.2, 0.25) is 11.8 Å². The molecular formula is C19H18ClN3O3. The van der Waals surface area contributed by atoms with E-state index in [9.17, 15) is 4.79 Å². The smallest absolute Gasteiger partial charge is 0.221 e. The minimum absolute atomic E-state index is 0.139. The predicted molar refractivity (Wildman–Crippen MR) is 102 cm³/mol. The van der Waals surface area contributed by atoms with Gasteiger partial charge in [0, 0.05) is 23.2 Å². The zero-order valence-electron chi connectivity index (χ0n) is 14.4. The zero-order valence-corrected chi connectivity index (χ0v) is 15.1. The van der Waals surface area contributed by atoms with Crippen molar-refractivity contribution < 1.29 is 13.9 Å². The minimum Gasteiger partial charge on any atom is -0.495 e. The van der Waals surface area contributed by atoms with Crippen LogP contribution < -0.4 is 15.4 Å². The quantitative estimate of drug-likeness (QED) is 0.663. The monoisotopic (exact) mass is 371 g/mol. The molecule has 1 amide bonds. The molecule has 134 valence electrons. The number of carbonyl (C=O) groups is 1. The van der Waals surface area contributed by atoms with Crippen LogP contribution in [0.3, 0.4) is 0 Å². The highest BCUT2D eigenvalue weighted by Crippen LogP contribution is 2.29. The summed E-state index contributed by atoms with van der Waals surface area (Å²) in [5.74, 6) is 1.68. The summed E-state index contributed by atoms with van der Waals surface area (Å²) in [6.07, 6.45) is 1.66. The van der Waals surface area contributed by atoms with Gasteiger partial charge < -0.3 is 19.8 Å². The van der Waals surface area contributed by atoms with E-state index in [1.54, 1.807) is 37.6 Å². The number of carbonyl (C=O) groups excluding carboxylic acids is 1. The van der Waals surface area contributed by atoms with Gasteiger partial charge >= 0.3 is 0 Å². The van der Waals surface area contributed by atoms with Gasteiger partial charge in [-0.25, -0.2) is 4.98 Å². The predicted octanol–water partition coefficient (Wildman–Crippen LogP) is 4.57. The van der Waals surface area contributed by atoms with Crippen LogP contribution in [-0.4, -0.2) is 18.0 Å². The number of benzene rings is 2. The van der Waals surface area contributed by atoms with Crippen LogP contribution in [0.15, 0.2) is 53.1 Å². The second-order valence-corrected chi connectivity index (χ2v) is 6.01. The van der Waals surface area contributed by atoms with Crippen LogP contribution >= 0.6 is 11.6 Å². The van der Waals surface area contributed by atoms with Gasteiger partial charge in [0.15, 0.2) is 5.76 Å². The van der Waals surface area contributed by atoms with Crippen molar-refractivity contribution in [3.63, 3.8) is 0 Å². The molecule has 0 saturated heterocycles. The minimum atomic E-state index is -0.139. The largest absolute Gasteiger partial charge is 0.495 e. The molecule has 0 unspecified atom stereocenters. The molecule has 0 fully saturated rings. The fraction of sp³-hybridized carbons (Fsp3) is 0.158. The van der Waals surface area contributed by atoms with E-state index >= 15 is 0 Å². The first kappa shape index (κ1) is 17.8. The molecule has 3 aromatic rings. The highest BCUT2D eigenvalue weighted by atomic mass is 35.5. The van der Waals surface area contributed by atoms with Crippen LogP contribution in [0, 0.1) is 0 Å². The standard InChI is InChI=1S/C19H18ClN3O3/c1-12(24)23-15-6-7-17(25-2)16(9-15)21-11-19-22-10-18(26-19)13-4-3-5-14(20)8-13/h3-10,21H,11H2,1-2H3,(H,23,24). The van der Waals surface area contributed by atoms with Crippen molar-refractivity contribution in [1.29, 1.82) is 0 Å². The Bertz CT molecular complexity index is 924. The topological polar surface area (TPSA) is 76.4 Å². The van der Waals surface area contributed by atoms with Crippen LogP contribution in [0.25, 0.3) is 11.3 Å². The van der Waals surface area contributed by atoms with Crippen LogP contribution in [0.1, 0.15) is 12.8 Å². The van der Waals surface area contributed by atoms with Crippen molar-refractivity contribution in [3.8, 4) is 17.1 Å². The van der Waals surface area contributed by atoms with Gasteiger partial charge in [0.1, 0.15) is 5.75 Å². The number of nitrogens with one attached hydrogen (secondary N) is 2. The van der Waals surface area contributed by atoms with Crippen molar-refractivity contribution in [2.24, 2.45) is 0 Å². The molecule has 2 aromatic carbocycles. The number of ether oxygens (including phenoxy) is 1. The third-order valence-corrected chi connectivity index (χ3v) is 3.85. The maximum absolute atomic E-state index is 11.2. The molecule has 6 nitrogen and oxygen atoms in total. The molecule has 0 aliphatic carbocycles. The highest BCUT2D eigenvalue weighted by Gasteiger charge is 2.09. The molecule has 0 aliphatic rings. The van der Waals surface area contributed by atoms with E-state index in [2.05, 4.69) is 15.6 Å². The van der Waals surface area contributed by atoms with Crippen molar-refractivity contribution in [3.05, 3.63) is 59.6 Å². The fourth-order valence-corrected chi connectivity index (χ4v) is 2.66. The SMILES string of the molecule is COc1ccc(NC(C)=O)cc1NCc1ncc(-c2cccc(Cl)c2)o1. The molecule has 0 radical (unpaired) electrons. The molecular weight excluding hydrogens is 354 g/mol. The number of anilines is 2. The van der Waals surface area contributed by atoms with E-state index in [4.69, 9.17) is 20.8 Å². The maximum Gasteiger partial charge on any atom is 0.221 e. The Morgan fingerprint density at radius 3 is 2.85 bits per heavy atom. The van der Waals surface area contributed by atoms with E-state index in [0.29, 0.717) is 34.7 Å². The lowest BCUT2D eigenvalue weighted by Crippen LogP contribution is -2.07. The molecule has 1 aromatic heterocycles. The summed E-state index contributed by atoms with van der Waals surface area (Å²) < 4.78 is 11.1. The van der Waals surface area contributed by atoms with Crippen molar-refractivity contribution in [2.75, 3.05) is 17.7 Å². The average molecular weight is 372 g/mol. The molecule has 0 bridgehead atoms. The van der Waals surface area contributed by atoms with Crippen LogP contribution in [0.2, 0.25) is 5.02 Å². The average Bonchev–Trinajstić information content (AvgIpc) is 3.09. The normalized spacial score (nSPS) is 10.4. The lowest BCUT2D eigenvalue weighted by Gasteiger charge is -2.12. The summed E-state index contributed by atoms with van der Waals surface area (Å²) in [5.41, 5.74) is 2.26. The molecule has 3 rings (SSSR count). The molecule has 0 aliphatic heterocycles. The Balaban J connectivity index is 1.74. The lowest BCUT2D eigenvalue weighted by atomic mass is 10.2. The van der Waals surface area contributed by atoms with Gasteiger partial charge in [-0.15, -0.1) is 0 Å². The number of halogens is 1. The molecule has 7 heteroatoms. The highest BCUT2D eigenvalue weighted by molar-refractivity contribution is 6.30. The number of hydrogen-bond donors (Lipinski definition) is 2. The third-order valence-electron chi connectivity index (χ3n) is 3.61. The first-order valence-electron chi connectivity index (χ1n) is 7.95. The van der Waals surface area contributed by atoms with Crippen LogP contribution in [0.5, 0.6) is 5.75 Å². The van der Waals surface area contributed by atoms with Crippen molar-refractivity contribution in [2.45, 2.75) is 13.5 Å². The number of oxazole rings is 1. The van der Waals surface area contributed by atoms with Gasteiger partial charge in [-0.1, -0.05) is 23.7 Å². The van der Waals surface area contributed by atoms with Gasteiger partial charge in [0.05, 0.1) is 25.5 Å². The van der Waals surface area contributed by atoms with E-state index in [1.807, 2.05) is 18.2 Å². The van der Waals surface area contributed by atoms with Crippen molar-refractivity contribution >= 4 is 28.9 Å². The number of rotatable bonds is 6. The van der Waals surface area contributed by atoms with Crippen LogP contribution in [0.4, 0.5) is 11.4 Å². The summed E-state index contributed by atoms with van der Waals surface area (Å²) in [5, 5.41) is 6.59. The van der Waals surface area contributed by atoms with Crippen molar-refractivity contribution in [1.82, 2.24) is 4.98 Å². The number of methoxy groups -OCH3 is 1. The molecule has 1 heterocycles. The number of aromatic nitrogens is 1. The van der Waals surface area contributed by atoms with E-state index in [-0.39, 0.29) is 5.91 Å². The Kier molecular flexibility index (Phi) is 5.43. The number of amides is 1. The lowest BCUT2D eigenvalue weighted by molar-refractivity contribution is -0.114. The molecule has 0 atom stereocenters.